The lowest BCUT2D eigenvalue weighted by molar-refractivity contribution is -0.133. The van der Waals surface area contributed by atoms with Crippen LogP contribution >= 0.6 is 0 Å². The van der Waals surface area contributed by atoms with Gasteiger partial charge in [-0.25, -0.2) is 4.79 Å². The zero-order valence-electron chi connectivity index (χ0n) is 16.0. The highest BCUT2D eigenvalue weighted by Crippen LogP contribution is 2.21. The fourth-order valence-corrected chi connectivity index (χ4v) is 3.99. The van der Waals surface area contributed by atoms with E-state index in [2.05, 4.69) is 51.2 Å². The van der Waals surface area contributed by atoms with Gasteiger partial charge in [0.2, 0.25) is 5.91 Å². The smallest absolute Gasteiger partial charge is 0.356 e. The van der Waals surface area contributed by atoms with Gasteiger partial charge in [0.25, 0.3) is 0 Å². The van der Waals surface area contributed by atoms with Crippen LogP contribution in [-0.2, 0) is 17.8 Å². The maximum absolute atomic E-state index is 12.7. The third-order valence-corrected chi connectivity index (χ3v) is 5.59. The van der Waals surface area contributed by atoms with Gasteiger partial charge in [-0.2, -0.15) is 5.10 Å². The number of piperazine rings is 1. The molecular formula is C20H25N5O3. The van der Waals surface area contributed by atoms with Crippen LogP contribution in [0, 0.1) is 6.92 Å². The van der Waals surface area contributed by atoms with E-state index >= 15 is 0 Å². The number of H-pyrrole nitrogens is 1. The van der Waals surface area contributed by atoms with E-state index in [1.165, 1.54) is 11.3 Å². The Labute approximate surface area is 163 Å². The lowest BCUT2D eigenvalue weighted by Crippen LogP contribution is -2.50. The van der Waals surface area contributed by atoms with Crippen molar-refractivity contribution in [3.63, 3.8) is 0 Å². The highest BCUT2D eigenvalue weighted by molar-refractivity contribution is 5.87. The monoisotopic (exact) mass is 383 g/mol. The molecule has 0 radical (unpaired) electrons. The average Bonchev–Trinajstić information content (AvgIpc) is 3.12. The summed E-state index contributed by atoms with van der Waals surface area (Å²) in [6.07, 6.45) is 0.528. The first-order valence-corrected chi connectivity index (χ1v) is 9.62. The van der Waals surface area contributed by atoms with Gasteiger partial charge in [-0.05, 0) is 31.0 Å². The second kappa shape index (κ2) is 7.63. The van der Waals surface area contributed by atoms with Crippen LogP contribution in [0.3, 0.4) is 0 Å². The third kappa shape index (κ3) is 3.73. The Balaban J connectivity index is 1.31. The molecule has 0 bridgehead atoms. The maximum Gasteiger partial charge on any atom is 0.356 e. The van der Waals surface area contributed by atoms with Gasteiger partial charge in [0, 0.05) is 44.0 Å². The molecule has 1 fully saturated rings. The molecule has 8 heteroatoms. The van der Waals surface area contributed by atoms with Crippen LogP contribution < -0.4 is 4.90 Å². The molecule has 0 atom stereocenters. The number of carboxylic acid groups (broad SMARTS) is 1. The number of carbonyl (C=O) groups excluding carboxylic acids is 1. The molecule has 0 unspecified atom stereocenters. The minimum atomic E-state index is -1.02. The van der Waals surface area contributed by atoms with Gasteiger partial charge in [-0.3, -0.25) is 14.8 Å². The van der Waals surface area contributed by atoms with Crippen molar-refractivity contribution in [2.45, 2.75) is 19.9 Å². The van der Waals surface area contributed by atoms with E-state index in [0.717, 1.165) is 37.4 Å². The number of nitrogens with zero attached hydrogens (tertiary/aromatic N) is 4. The van der Waals surface area contributed by atoms with Gasteiger partial charge < -0.3 is 14.9 Å². The fraction of sp³-hybridized carbons (Fsp3) is 0.450. The van der Waals surface area contributed by atoms with E-state index in [9.17, 15) is 9.59 Å². The number of benzene rings is 1. The summed E-state index contributed by atoms with van der Waals surface area (Å²) in [5, 5.41) is 15.8. The lowest BCUT2D eigenvalue weighted by Gasteiger charge is -2.37. The number of rotatable bonds is 4. The summed E-state index contributed by atoms with van der Waals surface area (Å²) in [5.41, 5.74) is 4.03. The normalized spacial score (nSPS) is 17.5. The number of fused-ring (bicyclic) bond motifs is 1. The second-order valence-corrected chi connectivity index (χ2v) is 7.50. The van der Waals surface area contributed by atoms with Gasteiger partial charge in [-0.15, -0.1) is 0 Å². The van der Waals surface area contributed by atoms with E-state index in [1.54, 1.807) is 4.90 Å². The summed E-state index contributed by atoms with van der Waals surface area (Å²) in [5.74, 6) is -0.940. The number of aromatic carboxylic acids is 1. The van der Waals surface area contributed by atoms with Gasteiger partial charge in [-0.1, -0.05) is 12.1 Å². The Morgan fingerprint density at radius 1 is 1.18 bits per heavy atom. The number of hydrogen-bond acceptors (Lipinski definition) is 5. The SMILES string of the molecule is Cc1cccc(N2CCN(CC(=O)N3CCc4c(C(=O)O)n[nH]c4C3)CC2)c1. The standard InChI is InChI=1S/C20H25N5O3/c1-14-3-2-4-15(11-14)24-9-7-23(8-10-24)13-18(26)25-6-5-16-17(12-25)21-22-19(16)20(27)28/h2-4,11H,5-10,12-13H2,1H3,(H,21,22)(H,27,28). The van der Waals surface area contributed by atoms with Gasteiger partial charge in [0.05, 0.1) is 18.8 Å². The molecule has 28 heavy (non-hydrogen) atoms. The summed E-state index contributed by atoms with van der Waals surface area (Å²) >= 11 is 0. The molecule has 1 saturated heterocycles. The number of aromatic amines is 1. The molecule has 2 aliphatic rings. The maximum atomic E-state index is 12.7. The first-order valence-electron chi connectivity index (χ1n) is 9.62. The summed E-state index contributed by atoms with van der Waals surface area (Å²) in [6, 6.07) is 8.51. The number of carbonyl (C=O) groups is 2. The Morgan fingerprint density at radius 2 is 1.96 bits per heavy atom. The molecule has 4 rings (SSSR count). The Hall–Kier alpha value is -2.87. The van der Waals surface area contributed by atoms with Gasteiger partial charge >= 0.3 is 5.97 Å². The number of amides is 1. The number of hydrogen-bond donors (Lipinski definition) is 2. The van der Waals surface area contributed by atoms with Crippen molar-refractivity contribution >= 4 is 17.6 Å². The Morgan fingerprint density at radius 3 is 2.68 bits per heavy atom. The van der Waals surface area contributed by atoms with Gasteiger partial charge in [0.1, 0.15) is 0 Å². The van der Waals surface area contributed by atoms with Crippen LogP contribution in [0.2, 0.25) is 0 Å². The number of aromatic nitrogens is 2. The van der Waals surface area contributed by atoms with Crippen LogP contribution in [0.4, 0.5) is 5.69 Å². The first-order chi connectivity index (χ1) is 13.5. The zero-order valence-corrected chi connectivity index (χ0v) is 16.0. The van der Waals surface area contributed by atoms with Crippen LogP contribution in [-0.4, -0.2) is 76.2 Å². The molecule has 148 valence electrons. The molecule has 2 N–H and O–H groups in total. The molecule has 1 amide bonds. The van der Waals surface area contributed by atoms with Crippen LogP contribution in [0.15, 0.2) is 24.3 Å². The van der Waals surface area contributed by atoms with Crippen molar-refractivity contribution in [1.82, 2.24) is 20.0 Å². The molecule has 1 aromatic carbocycles. The van der Waals surface area contributed by atoms with Crippen molar-refractivity contribution in [2.24, 2.45) is 0 Å². The molecule has 0 aliphatic carbocycles. The number of nitrogens with one attached hydrogen (secondary N) is 1. The summed E-state index contributed by atoms with van der Waals surface area (Å²) < 4.78 is 0. The van der Waals surface area contributed by atoms with E-state index in [1.807, 2.05) is 0 Å². The third-order valence-electron chi connectivity index (χ3n) is 5.59. The van der Waals surface area contributed by atoms with Gasteiger partial charge in [0.15, 0.2) is 5.69 Å². The minimum Gasteiger partial charge on any atom is -0.476 e. The Kier molecular flexibility index (Phi) is 5.04. The molecule has 0 saturated carbocycles. The number of carboxylic acids is 1. The highest BCUT2D eigenvalue weighted by Gasteiger charge is 2.28. The molecule has 2 aromatic rings. The number of aryl methyl sites for hydroxylation is 1. The second-order valence-electron chi connectivity index (χ2n) is 7.50. The van der Waals surface area contributed by atoms with Crippen LogP contribution in [0.5, 0.6) is 0 Å². The van der Waals surface area contributed by atoms with E-state index in [4.69, 9.17) is 5.11 Å². The predicted octanol–water partition coefficient (Wildman–Crippen LogP) is 1.12. The summed E-state index contributed by atoms with van der Waals surface area (Å²) in [7, 11) is 0. The predicted molar refractivity (Wildman–Crippen MR) is 105 cm³/mol. The van der Waals surface area contributed by atoms with Crippen molar-refractivity contribution in [3.8, 4) is 0 Å². The average molecular weight is 383 g/mol. The molecule has 8 nitrogen and oxygen atoms in total. The topological polar surface area (TPSA) is 92.8 Å². The van der Waals surface area contributed by atoms with Crippen molar-refractivity contribution in [3.05, 3.63) is 46.8 Å². The Bertz CT molecular complexity index is 886. The largest absolute Gasteiger partial charge is 0.476 e. The lowest BCUT2D eigenvalue weighted by atomic mass is 10.0. The van der Waals surface area contributed by atoms with Crippen LogP contribution in [0.1, 0.15) is 27.3 Å². The van der Waals surface area contributed by atoms with Crippen LogP contribution in [0.25, 0.3) is 0 Å². The summed E-state index contributed by atoms with van der Waals surface area (Å²) in [4.78, 5) is 30.3. The fourth-order valence-electron chi connectivity index (χ4n) is 3.99. The van der Waals surface area contributed by atoms with Crippen molar-refractivity contribution < 1.29 is 14.7 Å². The molecule has 0 spiro atoms. The van der Waals surface area contributed by atoms with E-state index < -0.39 is 5.97 Å². The van der Waals surface area contributed by atoms with Crippen molar-refractivity contribution in [1.29, 1.82) is 0 Å². The highest BCUT2D eigenvalue weighted by atomic mass is 16.4. The first kappa shape index (κ1) is 18.5. The molecule has 3 heterocycles. The number of anilines is 1. The van der Waals surface area contributed by atoms with E-state index in [0.29, 0.717) is 26.1 Å². The molecule has 1 aromatic heterocycles. The minimum absolute atomic E-state index is 0.0781. The molecular weight excluding hydrogens is 358 g/mol. The summed E-state index contributed by atoms with van der Waals surface area (Å²) in [6.45, 7) is 6.95. The van der Waals surface area contributed by atoms with Crippen molar-refractivity contribution in [2.75, 3.05) is 44.2 Å². The quantitative estimate of drug-likeness (QED) is 0.822. The zero-order chi connectivity index (χ0) is 19.7. The van der Waals surface area contributed by atoms with E-state index in [-0.39, 0.29) is 11.6 Å². The molecule has 2 aliphatic heterocycles.